The summed E-state index contributed by atoms with van der Waals surface area (Å²) in [6.45, 7) is 5.77. The molecule has 270 valence electrons. The summed E-state index contributed by atoms with van der Waals surface area (Å²) in [4.78, 5) is 11.0. The minimum atomic E-state index is -0.891. The summed E-state index contributed by atoms with van der Waals surface area (Å²) in [6.07, 6.45) is 2.58. The van der Waals surface area contributed by atoms with Gasteiger partial charge in [0.25, 0.3) is 0 Å². The Morgan fingerprint density at radius 3 is 1.36 bits per heavy atom. The number of halogens is 2. The Morgan fingerprint density at radius 2 is 0.925 bits per heavy atom. The number of carboxylic acid groups (broad SMARTS) is 1. The van der Waals surface area contributed by atoms with Crippen molar-refractivity contribution in [2.45, 2.75) is 39.3 Å². The summed E-state index contributed by atoms with van der Waals surface area (Å²) in [5.74, 6) is 2.21. The standard InChI is InChI=1S/C23H21BrO2.C22H19BrO4/c1-2-6-20-15-21(24)11-14-23(20)26-17-19-9-12-22(13-10-19)25-16-18-7-4-3-5-8-18;23-19-8-11-21(18(12-19)13-22(24)25)27-15-17-6-9-20(10-7-17)26-14-16-4-2-1-3-5-16/h2-5,7-15H,1,6,16-17H2;1-12H,13-15H2,(H,24,25). The van der Waals surface area contributed by atoms with Gasteiger partial charge in [-0.1, -0.05) is 123 Å². The molecule has 0 atom stereocenters. The summed E-state index contributed by atoms with van der Waals surface area (Å²) >= 11 is 6.86. The molecule has 0 saturated heterocycles. The van der Waals surface area contributed by atoms with E-state index in [9.17, 15) is 4.79 Å². The Bertz CT molecular complexity index is 2030. The third kappa shape index (κ3) is 13.3. The Balaban J connectivity index is 0.000000204. The second kappa shape index (κ2) is 20.7. The molecule has 6 rings (SSSR count). The molecule has 6 aromatic carbocycles. The maximum atomic E-state index is 11.0. The fourth-order valence-corrected chi connectivity index (χ4v) is 5.98. The molecule has 0 aliphatic carbocycles. The fourth-order valence-electron chi connectivity index (χ4n) is 5.16. The van der Waals surface area contributed by atoms with Crippen LogP contribution in [0.5, 0.6) is 23.0 Å². The Morgan fingerprint density at radius 1 is 0.528 bits per heavy atom. The second-order valence-corrected chi connectivity index (χ2v) is 13.8. The Kier molecular flexibility index (Phi) is 15.2. The highest BCUT2D eigenvalue weighted by Gasteiger charge is 2.10. The lowest BCUT2D eigenvalue weighted by Crippen LogP contribution is -2.04. The lowest BCUT2D eigenvalue weighted by molar-refractivity contribution is -0.136. The zero-order valence-electron chi connectivity index (χ0n) is 29.1. The normalized spacial score (nSPS) is 10.4. The predicted molar refractivity (Wildman–Crippen MR) is 217 cm³/mol. The molecular formula is C45H40Br2O6. The van der Waals surface area contributed by atoms with Gasteiger partial charge >= 0.3 is 5.97 Å². The van der Waals surface area contributed by atoms with Gasteiger partial charge in [0.05, 0.1) is 6.42 Å². The molecular weight excluding hydrogens is 796 g/mol. The molecule has 53 heavy (non-hydrogen) atoms. The molecule has 0 aromatic heterocycles. The van der Waals surface area contributed by atoms with Crippen LogP contribution in [-0.2, 0) is 44.1 Å². The monoisotopic (exact) mass is 834 g/mol. The zero-order valence-corrected chi connectivity index (χ0v) is 32.3. The molecule has 0 heterocycles. The van der Waals surface area contributed by atoms with Crippen LogP contribution in [0.25, 0.3) is 0 Å². The van der Waals surface area contributed by atoms with E-state index >= 15 is 0 Å². The lowest BCUT2D eigenvalue weighted by atomic mass is 10.1. The Labute approximate surface area is 327 Å². The number of rotatable bonds is 16. The highest BCUT2D eigenvalue weighted by atomic mass is 79.9. The van der Waals surface area contributed by atoms with Crippen LogP contribution < -0.4 is 18.9 Å². The summed E-state index contributed by atoms with van der Waals surface area (Å²) < 4.78 is 25.3. The first kappa shape index (κ1) is 38.9. The summed E-state index contributed by atoms with van der Waals surface area (Å²) in [7, 11) is 0. The minimum absolute atomic E-state index is 0.0823. The van der Waals surface area contributed by atoms with Crippen LogP contribution in [0.15, 0.2) is 167 Å². The lowest BCUT2D eigenvalue weighted by Gasteiger charge is -2.12. The van der Waals surface area contributed by atoms with Gasteiger partial charge in [0.2, 0.25) is 0 Å². The van der Waals surface area contributed by atoms with Crippen molar-refractivity contribution in [1.82, 2.24) is 0 Å². The molecule has 0 bridgehead atoms. The first-order valence-corrected chi connectivity index (χ1v) is 18.6. The van der Waals surface area contributed by atoms with Gasteiger partial charge in [-0.25, -0.2) is 0 Å². The minimum Gasteiger partial charge on any atom is -0.489 e. The van der Waals surface area contributed by atoms with Crippen LogP contribution in [0.3, 0.4) is 0 Å². The van der Waals surface area contributed by atoms with Crippen LogP contribution in [-0.4, -0.2) is 11.1 Å². The van der Waals surface area contributed by atoms with Gasteiger partial charge in [-0.15, -0.1) is 6.58 Å². The number of ether oxygens (including phenoxy) is 4. The summed E-state index contributed by atoms with van der Waals surface area (Å²) in [5.41, 5.74) is 6.11. The van der Waals surface area contributed by atoms with Crippen molar-refractivity contribution in [2.75, 3.05) is 0 Å². The quantitative estimate of drug-likeness (QED) is 0.0979. The van der Waals surface area contributed by atoms with Gasteiger partial charge in [0.1, 0.15) is 49.4 Å². The zero-order chi connectivity index (χ0) is 37.3. The molecule has 0 saturated carbocycles. The molecule has 1 N–H and O–H groups in total. The number of allylic oxidation sites excluding steroid dienone is 1. The van der Waals surface area contributed by atoms with E-state index in [1.165, 1.54) is 0 Å². The van der Waals surface area contributed by atoms with Gasteiger partial charge in [0.15, 0.2) is 0 Å². The van der Waals surface area contributed by atoms with E-state index in [4.69, 9.17) is 24.1 Å². The number of aliphatic carboxylic acids is 1. The van der Waals surface area contributed by atoms with E-state index in [1.54, 1.807) is 12.1 Å². The van der Waals surface area contributed by atoms with Crippen LogP contribution in [0.4, 0.5) is 0 Å². The van der Waals surface area contributed by atoms with Crippen molar-refractivity contribution in [3.8, 4) is 23.0 Å². The second-order valence-electron chi connectivity index (χ2n) is 12.0. The highest BCUT2D eigenvalue weighted by molar-refractivity contribution is 9.10. The average Bonchev–Trinajstić information content (AvgIpc) is 3.17. The molecule has 8 heteroatoms. The fraction of sp³-hybridized carbons (Fsp3) is 0.133. The smallest absolute Gasteiger partial charge is 0.307 e. The van der Waals surface area contributed by atoms with Gasteiger partial charge in [-0.2, -0.15) is 0 Å². The maximum absolute atomic E-state index is 11.0. The largest absolute Gasteiger partial charge is 0.489 e. The molecule has 6 nitrogen and oxygen atoms in total. The third-order valence-corrected chi connectivity index (χ3v) is 8.87. The number of carboxylic acids is 1. The first-order valence-electron chi connectivity index (χ1n) is 17.0. The Hall–Kier alpha value is -5.31. The molecule has 0 aliphatic heterocycles. The molecule has 0 radical (unpaired) electrons. The van der Waals surface area contributed by atoms with Crippen LogP contribution in [0.1, 0.15) is 33.4 Å². The van der Waals surface area contributed by atoms with E-state index in [0.717, 1.165) is 60.4 Å². The van der Waals surface area contributed by atoms with Crippen molar-refractivity contribution in [1.29, 1.82) is 0 Å². The SMILES string of the molecule is C=CCc1cc(Br)ccc1OCc1ccc(OCc2ccccc2)cc1.O=C(O)Cc1cc(Br)ccc1OCc1ccc(OCc2ccccc2)cc1. The molecule has 0 amide bonds. The number of benzene rings is 6. The predicted octanol–water partition coefficient (Wildman–Crippen LogP) is 11.6. The summed E-state index contributed by atoms with van der Waals surface area (Å²) in [5, 5.41) is 9.05. The van der Waals surface area contributed by atoms with Crippen molar-refractivity contribution in [2.24, 2.45) is 0 Å². The number of hydrogen-bond donors (Lipinski definition) is 1. The third-order valence-electron chi connectivity index (χ3n) is 7.88. The molecule has 0 fully saturated rings. The van der Waals surface area contributed by atoms with E-state index in [2.05, 4.69) is 56.6 Å². The number of hydrogen-bond acceptors (Lipinski definition) is 5. The highest BCUT2D eigenvalue weighted by Crippen LogP contribution is 2.27. The molecule has 6 aromatic rings. The topological polar surface area (TPSA) is 74.2 Å². The van der Waals surface area contributed by atoms with E-state index in [1.807, 2.05) is 121 Å². The van der Waals surface area contributed by atoms with Crippen LogP contribution >= 0.6 is 31.9 Å². The van der Waals surface area contributed by atoms with Crippen molar-refractivity contribution in [3.63, 3.8) is 0 Å². The van der Waals surface area contributed by atoms with Crippen molar-refractivity contribution >= 4 is 37.8 Å². The first-order chi connectivity index (χ1) is 25.8. The molecule has 0 unspecified atom stereocenters. The van der Waals surface area contributed by atoms with Gasteiger partial charge in [0, 0.05) is 14.5 Å². The maximum Gasteiger partial charge on any atom is 0.307 e. The van der Waals surface area contributed by atoms with Gasteiger partial charge in [-0.3, -0.25) is 4.79 Å². The number of carbonyl (C=O) groups is 1. The van der Waals surface area contributed by atoms with Gasteiger partial charge < -0.3 is 24.1 Å². The molecule has 0 spiro atoms. The van der Waals surface area contributed by atoms with Crippen LogP contribution in [0.2, 0.25) is 0 Å². The molecule has 0 aliphatic rings. The van der Waals surface area contributed by atoms with Crippen molar-refractivity contribution < 1.29 is 28.8 Å². The van der Waals surface area contributed by atoms with E-state index in [-0.39, 0.29) is 6.42 Å². The van der Waals surface area contributed by atoms with E-state index in [0.29, 0.717) is 37.7 Å². The summed E-state index contributed by atoms with van der Waals surface area (Å²) in [6, 6.07) is 47.3. The van der Waals surface area contributed by atoms with Crippen molar-refractivity contribution in [3.05, 3.63) is 201 Å². The van der Waals surface area contributed by atoms with Gasteiger partial charge in [-0.05, 0) is 94.9 Å². The average molecular weight is 837 g/mol. The van der Waals surface area contributed by atoms with Crippen LogP contribution in [0, 0.1) is 0 Å². The van der Waals surface area contributed by atoms with E-state index < -0.39 is 5.97 Å².